The minimum atomic E-state index is -1.30. The summed E-state index contributed by atoms with van der Waals surface area (Å²) in [5.41, 5.74) is 5.92. The van der Waals surface area contributed by atoms with Gasteiger partial charge in [0.1, 0.15) is 6.04 Å². The van der Waals surface area contributed by atoms with Crippen LogP contribution in [0.15, 0.2) is 0 Å². The number of aliphatic hydroxyl groups is 1. The lowest BCUT2D eigenvalue weighted by atomic mass is 9.83. The number of rotatable bonds is 8. The molecule has 3 rings (SSSR count). The molecule has 5 N–H and O–H groups in total. The van der Waals surface area contributed by atoms with E-state index in [4.69, 9.17) is 5.73 Å². The second-order valence-electron chi connectivity index (χ2n) is 11.1. The molecule has 2 aliphatic carbocycles. The zero-order chi connectivity index (χ0) is 23.6. The van der Waals surface area contributed by atoms with Gasteiger partial charge in [0.05, 0.1) is 12.1 Å². The number of hydrogen-bond donors (Lipinski definition) is 4. The van der Waals surface area contributed by atoms with Crippen molar-refractivity contribution in [2.24, 2.45) is 17.1 Å². The van der Waals surface area contributed by atoms with Crippen LogP contribution in [0.2, 0.25) is 0 Å². The van der Waals surface area contributed by atoms with E-state index >= 15 is 0 Å². The van der Waals surface area contributed by atoms with Crippen molar-refractivity contribution in [1.82, 2.24) is 15.5 Å². The Morgan fingerprint density at radius 1 is 1.12 bits per heavy atom. The minimum Gasteiger partial charge on any atom is -0.381 e. The summed E-state index contributed by atoms with van der Waals surface area (Å²) in [5.74, 6) is -0.603. The minimum absolute atomic E-state index is 0.0353. The molecular weight excluding hydrogens is 408 g/mol. The highest BCUT2D eigenvalue weighted by molar-refractivity contribution is 5.92. The molecule has 0 aromatic heterocycles. The Labute approximate surface area is 192 Å². The molecule has 1 saturated heterocycles. The lowest BCUT2D eigenvalue weighted by Gasteiger charge is -2.38. The average Bonchev–Trinajstić information content (AvgIpc) is 3.47. The maximum absolute atomic E-state index is 13.5. The van der Waals surface area contributed by atoms with E-state index < -0.39 is 35.6 Å². The van der Waals surface area contributed by atoms with Crippen molar-refractivity contribution in [2.75, 3.05) is 0 Å². The van der Waals surface area contributed by atoms with Gasteiger partial charge in [-0.05, 0) is 49.9 Å². The van der Waals surface area contributed by atoms with Gasteiger partial charge in [-0.1, -0.05) is 47.0 Å². The maximum Gasteiger partial charge on any atom is 0.251 e. The summed E-state index contributed by atoms with van der Waals surface area (Å²) in [7, 11) is 0. The number of carbonyl (C=O) groups excluding carboxylic acids is 3. The number of nitrogens with two attached hydrogens (primary N) is 1. The quantitative estimate of drug-likeness (QED) is 0.445. The highest BCUT2D eigenvalue weighted by atomic mass is 16.3. The van der Waals surface area contributed by atoms with Crippen molar-refractivity contribution >= 4 is 17.7 Å². The van der Waals surface area contributed by atoms with Gasteiger partial charge >= 0.3 is 0 Å². The second-order valence-corrected chi connectivity index (χ2v) is 11.1. The molecule has 0 radical (unpaired) electrons. The average molecular weight is 451 g/mol. The van der Waals surface area contributed by atoms with Crippen molar-refractivity contribution in [3.8, 4) is 0 Å². The predicted octanol–water partition coefficient (Wildman–Crippen LogP) is 1.44. The normalized spacial score (nSPS) is 28.4. The van der Waals surface area contributed by atoms with Gasteiger partial charge in [0.2, 0.25) is 11.8 Å². The Kier molecular flexibility index (Phi) is 7.86. The zero-order valence-corrected chi connectivity index (χ0v) is 20.1. The molecule has 2 saturated carbocycles. The molecule has 0 aromatic rings. The van der Waals surface area contributed by atoms with Crippen LogP contribution in [0.4, 0.5) is 0 Å². The van der Waals surface area contributed by atoms with Gasteiger partial charge in [-0.15, -0.1) is 0 Å². The molecule has 8 nitrogen and oxygen atoms in total. The third-order valence-electron chi connectivity index (χ3n) is 7.35. The van der Waals surface area contributed by atoms with E-state index in [2.05, 4.69) is 10.6 Å². The Morgan fingerprint density at radius 2 is 1.78 bits per heavy atom. The Morgan fingerprint density at radius 3 is 2.38 bits per heavy atom. The summed E-state index contributed by atoms with van der Waals surface area (Å²) < 4.78 is 0. The number of aliphatic hydroxyl groups excluding tert-OH is 1. The molecule has 8 heteroatoms. The van der Waals surface area contributed by atoms with Crippen LogP contribution < -0.4 is 16.4 Å². The molecular formula is C24H42N4O4. The van der Waals surface area contributed by atoms with Crippen LogP contribution in [0.1, 0.15) is 85.5 Å². The van der Waals surface area contributed by atoms with Gasteiger partial charge in [0, 0.05) is 12.1 Å². The van der Waals surface area contributed by atoms with E-state index in [0.717, 1.165) is 38.5 Å². The summed E-state index contributed by atoms with van der Waals surface area (Å²) in [6.45, 7) is 7.76. The van der Waals surface area contributed by atoms with Gasteiger partial charge in [-0.2, -0.15) is 0 Å². The Bertz CT molecular complexity index is 703. The lowest BCUT2D eigenvalue weighted by molar-refractivity contribution is -0.144. The number of fused-ring (bicyclic) bond motifs is 1. The number of nitrogens with one attached hydrogen (secondary N) is 2. The summed E-state index contributed by atoms with van der Waals surface area (Å²) in [5, 5.41) is 16.4. The SMILES string of the molecule is CCC[C@H](NC(=O)[C@@H]1CC2CCCCC2N1C(=O)[C@@H](N)C(C)(C)C)C(O)C(=O)NC1CC1. The number of carbonyl (C=O) groups is 3. The highest BCUT2D eigenvalue weighted by Crippen LogP contribution is 2.41. The number of likely N-dealkylation sites (tertiary alicyclic amines) is 1. The van der Waals surface area contributed by atoms with Gasteiger partial charge in [0.25, 0.3) is 5.91 Å². The summed E-state index contributed by atoms with van der Waals surface area (Å²) >= 11 is 0. The molecule has 0 spiro atoms. The maximum atomic E-state index is 13.5. The van der Waals surface area contributed by atoms with E-state index in [-0.39, 0.29) is 23.9 Å². The number of amides is 3. The van der Waals surface area contributed by atoms with Crippen molar-refractivity contribution in [3.05, 3.63) is 0 Å². The Balaban J connectivity index is 1.76. The molecule has 182 valence electrons. The fourth-order valence-corrected chi connectivity index (χ4v) is 5.14. The molecule has 3 unspecified atom stereocenters. The number of hydrogen-bond acceptors (Lipinski definition) is 5. The van der Waals surface area contributed by atoms with Crippen LogP contribution >= 0.6 is 0 Å². The third-order valence-corrected chi connectivity index (χ3v) is 7.35. The van der Waals surface area contributed by atoms with Crippen molar-refractivity contribution in [3.63, 3.8) is 0 Å². The first-order valence-electron chi connectivity index (χ1n) is 12.4. The fraction of sp³-hybridized carbons (Fsp3) is 0.875. The molecule has 1 aliphatic heterocycles. The second kappa shape index (κ2) is 10.1. The highest BCUT2D eigenvalue weighted by Gasteiger charge is 2.50. The van der Waals surface area contributed by atoms with Gasteiger partial charge in [0.15, 0.2) is 6.10 Å². The molecule has 6 atom stereocenters. The number of nitrogens with zero attached hydrogens (tertiary/aromatic N) is 1. The van der Waals surface area contributed by atoms with E-state index in [1.54, 1.807) is 4.90 Å². The standard InChI is InChI=1S/C24H42N4O4/c1-5-8-16(19(29)22(31)26-15-11-12-15)27-21(30)18-13-14-9-6-7-10-17(14)28(18)23(32)20(25)24(2,3)4/h14-20,29H,5-13,25H2,1-4H3,(H,26,31)(H,27,30)/t14?,16-,17?,18-,19?,20+/m0/s1. The molecule has 3 amide bonds. The first kappa shape index (κ1) is 25.0. The smallest absolute Gasteiger partial charge is 0.251 e. The van der Waals surface area contributed by atoms with Gasteiger partial charge in [-0.25, -0.2) is 0 Å². The fourth-order valence-electron chi connectivity index (χ4n) is 5.14. The van der Waals surface area contributed by atoms with E-state index in [1.165, 1.54) is 0 Å². The van der Waals surface area contributed by atoms with Crippen LogP contribution in [0.5, 0.6) is 0 Å². The summed E-state index contributed by atoms with van der Waals surface area (Å²) in [4.78, 5) is 41.0. The lowest BCUT2D eigenvalue weighted by Crippen LogP contribution is -2.59. The molecule has 3 fully saturated rings. The van der Waals surface area contributed by atoms with Crippen molar-refractivity contribution in [1.29, 1.82) is 0 Å². The molecule has 0 bridgehead atoms. The van der Waals surface area contributed by atoms with Crippen LogP contribution in [0.25, 0.3) is 0 Å². The van der Waals surface area contributed by atoms with Crippen molar-refractivity contribution < 1.29 is 19.5 Å². The van der Waals surface area contributed by atoms with Crippen molar-refractivity contribution in [2.45, 2.75) is 122 Å². The first-order chi connectivity index (χ1) is 15.0. The van der Waals surface area contributed by atoms with Crippen LogP contribution in [-0.4, -0.2) is 64.0 Å². The Hall–Kier alpha value is -1.67. The monoisotopic (exact) mass is 450 g/mol. The largest absolute Gasteiger partial charge is 0.381 e. The van der Waals surface area contributed by atoms with E-state index in [0.29, 0.717) is 25.2 Å². The predicted molar refractivity (Wildman–Crippen MR) is 122 cm³/mol. The molecule has 0 aromatic carbocycles. The third kappa shape index (κ3) is 5.63. The summed E-state index contributed by atoms with van der Waals surface area (Å²) in [6.07, 6.45) is 6.43. The van der Waals surface area contributed by atoms with Crippen LogP contribution in [-0.2, 0) is 14.4 Å². The van der Waals surface area contributed by atoms with Gasteiger partial charge in [-0.3, -0.25) is 14.4 Å². The summed E-state index contributed by atoms with van der Waals surface area (Å²) in [6, 6.07) is -1.81. The molecule has 3 aliphatic rings. The van der Waals surface area contributed by atoms with E-state index in [1.807, 2.05) is 27.7 Å². The van der Waals surface area contributed by atoms with Crippen LogP contribution in [0.3, 0.4) is 0 Å². The zero-order valence-electron chi connectivity index (χ0n) is 20.1. The molecule has 32 heavy (non-hydrogen) atoms. The first-order valence-corrected chi connectivity index (χ1v) is 12.4. The topological polar surface area (TPSA) is 125 Å². The van der Waals surface area contributed by atoms with Gasteiger partial charge < -0.3 is 26.4 Å². The van der Waals surface area contributed by atoms with Crippen LogP contribution in [0, 0.1) is 11.3 Å². The van der Waals surface area contributed by atoms with E-state index in [9.17, 15) is 19.5 Å². The molecule has 1 heterocycles.